The average molecular weight is 404 g/mol. The molecule has 0 aliphatic heterocycles. The first-order valence-corrected chi connectivity index (χ1v) is 8.44. The fraction of sp³-hybridized carbons (Fsp3) is 0.211. The van der Waals surface area contributed by atoms with Gasteiger partial charge in [-0.15, -0.1) is 0 Å². The number of carbonyl (C=O) groups excluding carboxylic acids is 1. The van der Waals surface area contributed by atoms with E-state index < -0.39 is 0 Å². The standard InChI is InChI=1S/C19H17IO2/c1-22-19(21)15-8-11-18-14(12-15)4-2-3-5-17(18)13-6-9-16(20)10-7-13/h5-12H,2-4H2,1H3. The van der Waals surface area contributed by atoms with Crippen molar-refractivity contribution in [1.29, 1.82) is 0 Å². The summed E-state index contributed by atoms with van der Waals surface area (Å²) >= 11 is 2.32. The Morgan fingerprint density at radius 1 is 1.14 bits per heavy atom. The Balaban J connectivity index is 2.06. The molecule has 0 heterocycles. The maximum atomic E-state index is 11.7. The van der Waals surface area contributed by atoms with Crippen LogP contribution in [0.2, 0.25) is 0 Å². The van der Waals surface area contributed by atoms with Gasteiger partial charge in [0.15, 0.2) is 0 Å². The molecular formula is C19H17IO2. The van der Waals surface area contributed by atoms with Crippen molar-refractivity contribution in [3.8, 4) is 0 Å². The van der Waals surface area contributed by atoms with Gasteiger partial charge in [-0.1, -0.05) is 24.3 Å². The first-order valence-electron chi connectivity index (χ1n) is 7.37. The van der Waals surface area contributed by atoms with Crippen LogP contribution in [0.15, 0.2) is 48.5 Å². The molecule has 0 saturated heterocycles. The fourth-order valence-electron chi connectivity index (χ4n) is 2.86. The van der Waals surface area contributed by atoms with Crippen LogP contribution in [0.1, 0.15) is 39.9 Å². The van der Waals surface area contributed by atoms with E-state index in [2.05, 4.69) is 59.0 Å². The highest BCUT2D eigenvalue weighted by atomic mass is 127. The summed E-state index contributed by atoms with van der Waals surface area (Å²) in [5.74, 6) is -0.271. The molecule has 2 nitrogen and oxygen atoms in total. The van der Waals surface area contributed by atoms with E-state index in [1.54, 1.807) is 0 Å². The van der Waals surface area contributed by atoms with E-state index >= 15 is 0 Å². The molecule has 1 aliphatic rings. The highest BCUT2D eigenvalue weighted by Gasteiger charge is 2.15. The number of hydrogen-bond acceptors (Lipinski definition) is 2. The molecule has 0 unspecified atom stereocenters. The lowest BCUT2D eigenvalue weighted by molar-refractivity contribution is 0.0600. The lowest BCUT2D eigenvalue weighted by Crippen LogP contribution is -2.03. The Labute approximate surface area is 144 Å². The van der Waals surface area contributed by atoms with Gasteiger partial charge < -0.3 is 4.74 Å². The van der Waals surface area contributed by atoms with Gasteiger partial charge in [-0.05, 0) is 88.4 Å². The van der Waals surface area contributed by atoms with Crippen LogP contribution in [0.3, 0.4) is 0 Å². The van der Waals surface area contributed by atoms with Gasteiger partial charge in [-0.25, -0.2) is 4.79 Å². The van der Waals surface area contributed by atoms with Gasteiger partial charge in [-0.2, -0.15) is 0 Å². The number of allylic oxidation sites excluding steroid dienone is 1. The zero-order valence-corrected chi connectivity index (χ0v) is 14.6. The predicted molar refractivity (Wildman–Crippen MR) is 97.0 cm³/mol. The summed E-state index contributed by atoms with van der Waals surface area (Å²) in [5, 5.41) is 0. The molecule has 112 valence electrons. The molecule has 0 aromatic heterocycles. The molecule has 0 atom stereocenters. The van der Waals surface area contributed by atoms with E-state index in [4.69, 9.17) is 4.74 Å². The number of fused-ring (bicyclic) bond motifs is 1. The molecular weight excluding hydrogens is 387 g/mol. The van der Waals surface area contributed by atoms with Gasteiger partial charge in [-0.3, -0.25) is 0 Å². The maximum Gasteiger partial charge on any atom is 0.337 e. The summed E-state index contributed by atoms with van der Waals surface area (Å²) in [5.41, 5.74) is 5.58. The molecule has 0 N–H and O–H groups in total. The van der Waals surface area contributed by atoms with E-state index in [9.17, 15) is 4.79 Å². The Bertz CT molecular complexity index is 730. The monoisotopic (exact) mass is 404 g/mol. The number of methoxy groups -OCH3 is 1. The van der Waals surface area contributed by atoms with Crippen LogP contribution >= 0.6 is 22.6 Å². The van der Waals surface area contributed by atoms with Gasteiger partial charge >= 0.3 is 5.97 Å². The second-order valence-corrected chi connectivity index (χ2v) is 6.63. The quantitative estimate of drug-likeness (QED) is 0.529. The first-order chi connectivity index (χ1) is 10.7. The summed E-state index contributed by atoms with van der Waals surface area (Å²) in [7, 11) is 1.42. The molecule has 3 heteroatoms. The highest BCUT2D eigenvalue weighted by Crippen LogP contribution is 2.32. The van der Waals surface area contributed by atoms with Crippen molar-refractivity contribution < 1.29 is 9.53 Å². The Morgan fingerprint density at radius 3 is 2.64 bits per heavy atom. The molecule has 0 amide bonds. The molecule has 0 spiro atoms. The average Bonchev–Trinajstić information content (AvgIpc) is 2.76. The Hall–Kier alpha value is -1.62. The molecule has 3 rings (SSSR count). The van der Waals surface area contributed by atoms with Crippen molar-refractivity contribution in [2.45, 2.75) is 19.3 Å². The highest BCUT2D eigenvalue weighted by molar-refractivity contribution is 14.1. The minimum absolute atomic E-state index is 0.271. The minimum Gasteiger partial charge on any atom is -0.465 e. The molecule has 0 bridgehead atoms. The van der Waals surface area contributed by atoms with Crippen LogP contribution in [0, 0.1) is 3.57 Å². The van der Waals surface area contributed by atoms with E-state index in [0.717, 1.165) is 19.3 Å². The van der Waals surface area contributed by atoms with E-state index in [1.807, 2.05) is 12.1 Å². The number of aryl methyl sites for hydroxylation is 1. The topological polar surface area (TPSA) is 26.3 Å². The predicted octanol–water partition coefficient (Wildman–Crippen LogP) is 4.85. The Morgan fingerprint density at radius 2 is 1.91 bits per heavy atom. The summed E-state index contributed by atoms with van der Waals surface area (Å²) < 4.78 is 6.06. The van der Waals surface area contributed by atoms with Crippen LogP contribution in [-0.4, -0.2) is 13.1 Å². The molecule has 2 aromatic rings. The lowest BCUT2D eigenvalue weighted by atomic mass is 9.92. The van der Waals surface area contributed by atoms with Gasteiger partial charge in [0.2, 0.25) is 0 Å². The second-order valence-electron chi connectivity index (χ2n) is 5.38. The van der Waals surface area contributed by atoms with E-state index in [0.29, 0.717) is 5.56 Å². The maximum absolute atomic E-state index is 11.7. The molecule has 2 aromatic carbocycles. The second kappa shape index (κ2) is 6.65. The van der Waals surface area contributed by atoms with Crippen molar-refractivity contribution in [1.82, 2.24) is 0 Å². The van der Waals surface area contributed by atoms with Gasteiger partial charge in [0.05, 0.1) is 12.7 Å². The van der Waals surface area contributed by atoms with Crippen LogP contribution in [-0.2, 0) is 11.2 Å². The third-order valence-corrected chi connectivity index (χ3v) is 4.69. The SMILES string of the molecule is COC(=O)c1ccc2c(c1)CCCC=C2c1ccc(I)cc1. The van der Waals surface area contributed by atoms with Crippen molar-refractivity contribution in [2.75, 3.05) is 7.11 Å². The zero-order chi connectivity index (χ0) is 15.5. The minimum atomic E-state index is -0.271. The van der Waals surface area contributed by atoms with E-state index in [1.165, 1.54) is 32.9 Å². The molecule has 22 heavy (non-hydrogen) atoms. The fourth-order valence-corrected chi connectivity index (χ4v) is 3.22. The number of esters is 1. The number of halogens is 1. The third-order valence-electron chi connectivity index (χ3n) is 3.97. The molecule has 0 fully saturated rings. The zero-order valence-electron chi connectivity index (χ0n) is 12.4. The van der Waals surface area contributed by atoms with Crippen LogP contribution in [0.25, 0.3) is 5.57 Å². The lowest BCUT2D eigenvalue weighted by Gasteiger charge is -2.13. The van der Waals surface area contributed by atoms with Crippen molar-refractivity contribution in [3.05, 3.63) is 74.4 Å². The van der Waals surface area contributed by atoms with Crippen molar-refractivity contribution >= 4 is 34.1 Å². The summed E-state index contributed by atoms with van der Waals surface area (Å²) in [6.45, 7) is 0. The van der Waals surface area contributed by atoms with Gasteiger partial charge in [0.1, 0.15) is 0 Å². The summed E-state index contributed by atoms with van der Waals surface area (Å²) in [6.07, 6.45) is 5.46. The number of ether oxygens (including phenoxy) is 1. The summed E-state index contributed by atoms with van der Waals surface area (Å²) in [6, 6.07) is 14.5. The summed E-state index contributed by atoms with van der Waals surface area (Å²) in [4.78, 5) is 11.7. The largest absolute Gasteiger partial charge is 0.465 e. The third kappa shape index (κ3) is 3.09. The van der Waals surface area contributed by atoms with Crippen LogP contribution in [0.5, 0.6) is 0 Å². The number of benzene rings is 2. The Kier molecular flexibility index (Phi) is 4.62. The van der Waals surface area contributed by atoms with Crippen molar-refractivity contribution in [3.63, 3.8) is 0 Å². The normalized spacial score (nSPS) is 13.8. The molecule has 0 radical (unpaired) electrons. The van der Waals surface area contributed by atoms with Crippen molar-refractivity contribution in [2.24, 2.45) is 0 Å². The van der Waals surface area contributed by atoms with Gasteiger partial charge in [0, 0.05) is 3.57 Å². The van der Waals surface area contributed by atoms with Gasteiger partial charge in [0.25, 0.3) is 0 Å². The van der Waals surface area contributed by atoms with E-state index in [-0.39, 0.29) is 5.97 Å². The number of hydrogen-bond donors (Lipinski definition) is 0. The number of rotatable bonds is 2. The van der Waals surface area contributed by atoms with Crippen LogP contribution in [0.4, 0.5) is 0 Å². The van der Waals surface area contributed by atoms with Crippen LogP contribution < -0.4 is 0 Å². The first kappa shape index (κ1) is 15.3. The number of carbonyl (C=O) groups is 1. The molecule has 1 aliphatic carbocycles. The smallest absolute Gasteiger partial charge is 0.337 e. The molecule has 0 saturated carbocycles.